The summed E-state index contributed by atoms with van der Waals surface area (Å²) in [6.45, 7) is 3.38. The molecule has 0 spiro atoms. The third-order valence-corrected chi connectivity index (χ3v) is 4.45. The number of morpholine rings is 1. The Bertz CT molecular complexity index is 799. The molecule has 0 N–H and O–H groups in total. The molecular formula is C18H20N4O. The van der Waals surface area contributed by atoms with Crippen LogP contribution in [0.25, 0.3) is 11.0 Å². The zero-order chi connectivity index (χ0) is 15.6. The van der Waals surface area contributed by atoms with Gasteiger partial charge in [-0.2, -0.15) is 0 Å². The molecule has 1 atom stereocenters. The van der Waals surface area contributed by atoms with E-state index in [2.05, 4.69) is 45.8 Å². The molecule has 0 saturated carbocycles. The normalized spacial score (nSPS) is 19.3. The first-order valence-electron chi connectivity index (χ1n) is 7.95. The molecule has 1 unspecified atom stereocenters. The topological polar surface area (TPSA) is 43.2 Å². The monoisotopic (exact) mass is 308 g/mol. The molecule has 1 aliphatic heterocycles. The van der Waals surface area contributed by atoms with E-state index in [1.54, 1.807) is 6.20 Å². The van der Waals surface area contributed by atoms with Crippen LogP contribution in [-0.2, 0) is 18.3 Å². The fourth-order valence-electron chi connectivity index (χ4n) is 3.15. The Balaban J connectivity index is 1.53. The fourth-order valence-corrected chi connectivity index (χ4v) is 3.15. The summed E-state index contributed by atoms with van der Waals surface area (Å²) in [5, 5.41) is 0. The molecule has 5 heteroatoms. The molecule has 2 aromatic heterocycles. The first-order valence-corrected chi connectivity index (χ1v) is 7.95. The van der Waals surface area contributed by atoms with Crippen molar-refractivity contribution < 1.29 is 4.74 Å². The summed E-state index contributed by atoms with van der Waals surface area (Å²) >= 11 is 0. The maximum absolute atomic E-state index is 5.91. The molecule has 5 nitrogen and oxygen atoms in total. The van der Waals surface area contributed by atoms with Gasteiger partial charge in [-0.3, -0.25) is 9.88 Å². The van der Waals surface area contributed by atoms with Gasteiger partial charge in [-0.15, -0.1) is 0 Å². The molecular weight excluding hydrogens is 288 g/mol. The number of fused-ring (bicyclic) bond motifs is 1. The summed E-state index contributed by atoms with van der Waals surface area (Å²) in [5.74, 6) is 1.10. The molecule has 1 fully saturated rings. The summed E-state index contributed by atoms with van der Waals surface area (Å²) in [7, 11) is 2.09. The van der Waals surface area contributed by atoms with Gasteiger partial charge in [0.05, 0.1) is 30.3 Å². The molecule has 1 aromatic carbocycles. The number of aryl methyl sites for hydroxylation is 1. The van der Waals surface area contributed by atoms with E-state index >= 15 is 0 Å². The third-order valence-electron chi connectivity index (χ3n) is 4.45. The second kappa shape index (κ2) is 6.10. The maximum atomic E-state index is 5.91. The summed E-state index contributed by atoms with van der Waals surface area (Å²) < 4.78 is 8.10. The fraction of sp³-hybridized carbons (Fsp3) is 0.333. The quantitative estimate of drug-likeness (QED) is 0.746. The van der Waals surface area contributed by atoms with Crippen molar-refractivity contribution in [1.82, 2.24) is 19.4 Å². The Morgan fingerprint density at radius 3 is 2.96 bits per heavy atom. The minimum Gasteiger partial charge on any atom is -0.371 e. The molecule has 23 heavy (non-hydrogen) atoms. The number of benzene rings is 1. The zero-order valence-electron chi connectivity index (χ0n) is 13.2. The van der Waals surface area contributed by atoms with Crippen LogP contribution in [0.5, 0.6) is 0 Å². The van der Waals surface area contributed by atoms with Gasteiger partial charge in [0.25, 0.3) is 0 Å². The van der Waals surface area contributed by atoms with E-state index in [9.17, 15) is 0 Å². The third kappa shape index (κ3) is 2.85. The van der Waals surface area contributed by atoms with Gasteiger partial charge >= 0.3 is 0 Å². The van der Waals surface area contributed by atoms with Gasteiger partial charge < -0.3 is 9.30 Å². The maximum Gasteiger partial charge on any atom is 0.123 e. The minimum atomic E-state index is 0.0899. The summed E-state index contributed by atoms with van der Waals surface area (Å²) in [6.07, 6.45) is 3.78. The lowest BCUT2D eigenvalue weighted by molar-refractivity contribution is -0.0340. The smallest absolute Gasteiger partial charge is 0.123 e. The average Bonchev–Trinajstić information content (AvgIpc) is 2.92. The van der Waals surface area contributed by atoms with E-state index < -0.39 is 0 Å². The number of para-hydroxylation sites is 2. The van der Waals surface area contributed by atoms with E-state index in [-0.39, 0.29) is 6.10 Å². The van der Waals surface area contributed by atoms with Gasteiger partial charge in [0.15, 0.2) is 0 Å². The van der Waals surface area contributed by atoms with Crippen LogP contribution in [0.1, 0.15) is 17.5 Å². The molecule has 118 valence electrons. The Hall–Kier alpha value is -2.24. The number of imidazole rings is 1. The Kier molecular flexibility index (Phi) is 3.81. The van der Waals surface area contributed by atoms with Gasteiger partial charge in [-0.1, -0.05) is 18.2 Å². The Morgan fingerprint density at radius 2 is 2.13 bits per heavy atom. The standard InChI is InChI=1S/C18H20N4O/c1-21-16-7-3-2-6-15(16)20-18(21)13-22-9-10-23-17(12-22)14-5-4-8-19-11-14/h2-8,11,17H,9-10,12-13H2,1H3. The Morgan fingerprint density at radius 1 is 1.22 bits per heavy atom. The van der Waals surface area contributed by atoms with Crippen LogP contribution < -0.4 is 0 Å². The lowest BCUT2D eigenvalue weighted by Gasteiger charge is -2.32. The Labute approximate surface area is 135 Å². The van der Waals surface area contributed by atoms with Crippen molar-refractivity contribution in [2.75, 3.05) is 19.7 Å². The average molecular weight is 308 g/mol. The largest absolute Gasteiger partial charge is 0.371 e. The first-order chi connectivity index (χ1) is 11.3. The molecule has 0 radical (unpaired) electrons. The van der Waals surface area contributed by atoms with Crippen molar-refractivity contribution in [1.29, 1.82) is 0 Å². The van der Waals surface area contributed by atoms with Crippen molar-refractivity contribution in [3.63, 3.8) is 0 Å². The first kappa shape index (κ1) is 14.4. The predicted molar refractivity (Wildman–Crippen MR) is 88.9 cm³/mol. The van der Waals surface area contributed by atoms with E-state index in [1.807, 2.05) is 18.3 Å². The van der Waals surface area contributed by atoms with Crippen LogP contribution in [-0.4, -0.2) is 39.1 Å². The number of aromatic nitrogens is 3. The summed E-state index contributed by atoms with van der Waals surface area (Å²) in [5.41, 5.74) is 3.38. The van der Waals surface area contributed by atoms with E-state index in [4.69, 9.17) is 9.72 Å². The molecule has 0 aliphatic carbocycles. The van der Waals surface area contributed by atoms with Gasteiger partial charge in [0.2, 0.25) is 0 Å². The number of hydrogen-bond acceptors (Lipinski definition) is 4. The molecule has 1 saturated heterocycles. The highest BCUT2D eigenvalue weighted by Crippen LogP contribution is 2.23. The van der Waals surface area contributed by atoms with Crippen LogP contribution in [0.15, 0.2) is 48.8 Å². The molecule has 4 rings (SSSR count). The zero-order valence-corrected chi connectivity index (χ0v) is 13.2. The van der Waals surface area contributed by atoms with Crippen LogP contribution >= 0.6 is 0 Å². The number of ether oxygens (including phenoxy) is 1. The van der Waals surface area contributed by atoms with E-state index in [0.717, 1.165) is 43.1 Å². The van der Waals surface area contributed by atoms with Crippen LogP contribution in [0, 0.1) is 0 Å². The number of nitrogens with zero attached hydrogens (tertiary/aromatic N) is 4. The lowest BCUT2D eigenvalue weighted by Crippen LogP contribution is -2.38. The van der Waals surface area contributed by atoms with Crippen molar-refractivity contribution in [2.24, 2.45) is 7.05 Å². The second-order valence-electron chi connectivity index (χ2n) is 5.96. The van der Waals surface area contributed by atoms with Crippen LogP contribution in [0.2, 0.25) is 0 Å². The molecule has 3 heterocycles. The highest BCUT2D eigenvalue weighted by molar-refractivity contribution is 5.75. The highest BCUT2D eigenvalue weighted by atomic mass is 16.5. The van der Waals surface area contributed by atoms with Crippen molar-refractivity contribution in [3.05, 3.63) is 60.2 Å². The minimum absolute atomic E-state index is 0.0899. The number of rotatable bonds is 3. The molecule has 1 aliphatic rings. The van der Waals surface area contributed by atoms with Crippen molar-refractivity contribution in [3.8, 4) is 0 Å². The highest BCUT2D eigenvalue weighted by Gasteiger charge is 2.23. The molecule has 0 bridgehead atoms. The molecule has 3 aromatic rings. The summed E-state index contributed by atoms with van der Waals surface area (Å²) in [4.78, 5) is 11.4. The lowest BCUT2D eigenvalue weighted by atomic mass is 10.1. The van der Waals surface area contributed by atoms with E-state index in [1.165, 1.54) is 5.52 Å². The predicted octanol–water partition coefficient (Wildman–Crippen LogP) is 2.54. The van der Waals surface area contributed by atoms with Crippen LogP contribution in [0.3, 0.4) is 0 Å². The SMILES string of the molecule is Cn1c(CN2CCOC(c3cccnc3)C2)nc2ccccc21. The number of pyridine rings is 1. The van der Waals surface area contributed by atoms with Crippen molar-refractivity contribution >= 4 is 11.0 Å². The second-order valence-corrected chi connectivity index (χ2v) is 5.96. The van der Waals surface area contributed by atoms with Gasteiger partial charge in [0.1, 0.15) is 5.82 Å². The van der Waals surface area contributed by atoms with Gasteiger partial charge in [-0.25, -0.2) is 4.98 Å². The van der Waals surface area contributed by atoms with Crippen LogP contribution in [0.4, 0.5) is 0 Å². The van der Waals surface area contributed by atoms with Gasteiger partial charge in [0, 0.05) is 38.1 Å². The summed E-state index contributed by atoms with van der Waals surface area (Å²) in [6, 6.07) is 12.3. The van der Waals surface area contributed by atoms with Gasteiger partial charge in [-0.05, 0) is 18.2 Å². The van der Waals surface area contributed by atoms with Crippen molar-refractivity contribution in [2.45, 2.75) is 12.6 Å². The molecule has 0 amide bonds. The number of hydrogen-bond donors (Lipinski definition) is 0. The van der Waals surface area contributed by atoms with E-state index in [0.29, 0.717) is 0 Å².